The van der Waals surface area contributed by atoms with Crippen LogP contribution in [0.5, 0.6) is 0 Å². The van der Waals surface area contributed by atoms with Crippen molar-refractivity contribution in [2.75, 3.05) is 11.9 Å². The summed E-state index contributed by atoms with van der Waals surface area (Å²) in [7, 11) is 0. The maximum atomic E-state index is 13.2. The number of fused-ring (bicyclic) bond motifs is 1. The average molecular weight is 597 g/mol. The lowest BCUT2D eigenvalue weighted by molar-refractivity contribution is -0.127. The Balaban J connectivity index is 1.21. The van der Waals surface area contributed by atoms with E-state index in [0.717, 1.165) is 24.8 Å². The fourth-order valence-corrected chi connectivity index (χ4v) is 5.43. The van der Waals surface area contributed by atoms with Crippen molar-refractivity contribution in [2.24, 2.45) is 5.41 Å². The van der Waals surface area contributed by atoms with Gasteiger partial charge in [0.15, 0.2) is 0 Å². The summed E-state index contributed by atoms with van der Waals surface area (Å²) >= 11 is 0. The van der Waals surface area contributed by atoms with Crippen LogP contribution in [0.25, 0.3) is 17.0 Å². The number of rotatable bonds is 5. The Labute approximate surface area is 245 Å². The minimum Gasteiger partial charge on any atom is -0.444 e. The third-order valence-corrected chi connectivity index (χ3v) is 7.78. The zero-order valence-electron chi connectivity index (χ0n) is 24.2. The lowest BCUT2D eigenvalue weighted by Gasteiger charge is -2.27. The molecule has 1 aromatic carbocycles. The molecule has 3 aromatic heterocycles. The lowest BCUT2D eigenvalue weighted by Crippen LogP contribution is -2.37. The van der Waals surface area contributed by atoms with Crippen LogP contribution in [-0.4, -0.2) is 54.7 Å². The molecule has 1 aliphatic heterocycles. The molecule has 2 amide bonds. The summed E-state index contributed by atoms with van der Waals surface area (Å²) in [5, 5.41) is 7.03. The molecule has 2 fully saturated rings. The first-order valence-corrected chi connectivity index (χ1v) is 14.0. The Bertz CT molecular complexity index is 1720. The van der Waals surface area contributed by atoms with Gasteiger partial charge in [-0.15, -0.1) is 0 Å². The number of benzene rings is 1. The monoisotopic (exact) mass is 596 g/mol. The van der Waals surface area contributed by atoms with Crippen LogP contribution in [0.2, 0.25) is 0 Å². The number of pyridine rings is 1. The largest absolute Gasteiger partial charge is 0.444 e. The van der Waals surface area contributed by atoms with Gasteiger partial charge in [0.05, 0.1) is 12.6 Å². The van der Waals surface area contributed by atoms with E-state index in [9.17, 15) is 22.8 Å². The molecule has 13 heteroatoms. The number of alkyl halides is 3. The number of carbonyl (C=O) groups is 2. The second-order valence-electron chi connectivity index (χ2n) is 12.5. The van der Waals surface area contributed by atoms with Gasteiger partial charge >= 0.3 is 12.3 Å². The van der Waals surface area contributed by atoms with Crippen LogP contribution in [0.3, 0.4) is 0 Å². The highest BCUT2D eigenvalue weighted by molar-refractivity contribution is 6.04. The van der Waals surface area contributed by atoms with Gasteiger partial charge in [0.25, 0.3) is 5.91 Å². The molecule has 1 aliphatic carbocycles. The van der Waals surface area contributed by atoms with Gasteiger partial charge in [-0.3, -0.25) is 14.1 Å². The minimum absolute atomic E-state index is 0.0553. The number of halogens is 3. The molecule has 4 heterocycles. The van der Waals surface area contributed by atoms with Crippen molar-refractivity contribution in [3.63, 3.8) is 0 Å². The Morgan fingerprint density at radius 1 is 1.16 bits per heavy atom. The number of nitrogens with one attached hydrogen (secondary N) is 1. The summed E-state index contributed by atoms with van der Waals surface area (Å²) in [5.74, 6) is 0.142. The lowest BCUT2D eigenvalue weighted by atomic mass is 10.0. The summed E-state index contributed by atoms with van der Waals surface area (Å²) in [4.78, 5) is 36.6. The van der Waals surface area contributed by atoms with E-state index in [-0.39, 0.29) is 22.3 Å². The van der Waals surface area contributed by atoms with E-state index >= 15 is 0 Å². The maximum absolute atomic E-state index is 13.2. The summed E-state index contributed by atoms with van der Waals surface area (Å²) in [6.45, 7) is 7.88. The van der Waals surface area contributed by atoms with E-state index in [2.05, 4.69) is 20.4 Å². The topological polar surface area (TPSA) is 115 Å². The van der Waals surface area contributed by atoms with Gasteiger partial charge in [0.2, 0.25) is 11.7 Å². The van der Waals surface area contributed by atoms with E-state index in [0.29, 0.717) is 29.5 Å². The van der Waals surface area contributed by atoms with Gasteiger partial charge in [-0.25, -0.2) is 9.78 Å². The van der Waals surface area contributed by atoms with Gasteiger partial charge < -0.3 is 14.6 Å². The molecule has 1 atom stereocenters. The smallest absolute Gasteiger partial charge is 0.410 e. The molecule has 0 radical (unpaired) electrons. The number of amides is 2. The Hall–Kier alpha value is -4.42. The predicted octanol–water partition coefficient (Wildman–Crippen LogP) is 6.51. The summed E-state index contributed by atoms with van der Waals surface area (Å²) in [6, 6.07) is 7.56. The Morgan fingerprint density at radius 3 is 2.63 bits per heavy atom. The Kier molecular flexibility index (Phi) is 6.73. The molecule has 0 bridgehead atoms. The number of imidazole rings is 1. The molecule has 43 heavy (non-hydrogen) atoms. The number of carbonyl (C=O) groups excluding carboxylic acids is 2. The Morgan fingerprint density at radius 2 is 1.93 bits per heavy atom. The van der Waals surface area contributed by atoms with Gasteiger partial charge in [0.1, 0.15) is 23.0 Å². The second kappa shape index (κ2) is 10.1. The third-order valence-electron chi connectivity index (χ3n) is 7.78. The molecule has 6 rings (SSSR count). The first-order valence-electron chi connectivity index (χ1n) is 14.0. The van der Waals surface area contributed by atoms with Crippen molar-refractivity contribution < 1.29 is 32.0 Å². The van der Waals surface area contributed by atoms with Crippen LogP contribution in [-0.2, 0) is 11.2 Å². The number of aromatic nitrogens is 4. The van der Waals surface area contributed by atoms with E-state index < -0.39 is 36.2 Å². The van der Waals surface area contributed by atoms with Crippen LogP contribution < -0.4 is 5.32 Å². The third kappa shape index (κ3) is 6.06. The molecule has 1 spiro atoms. The van der Waals surface area contributed by atoms with E-state index in [1.54, 1.807) is 23.1 Å². The molecular weight excluding hydrogens is 565 g/mol. The van der Waals surface area contributed by atoms with Crippen LogP contribution in [0.1, 0.15) is 73.6 Å². The number of aryl methyl sites for hydroxylation is 1. The van der Waals surface area contributed by atoms with Crippen LogP contribution in [0.15, 0.2) is 47.2 Å². The van der Waals surface area contributed by atoms with Gasteiger partial charge in [-0.1, -0.05) is 17.3 Å². The highest BCUT2D eigenvalue weighted by atomic mass is 19.4. The van der Waals surface area contributed by atoms with E-state index in [1.807, 2.05) is 27.7 Å². The first-order chi connectivity index (χ1) is 20.2. The van der Waals surface area contributed by atoms with Gasteiger partial charge in [-0.2, -0.15) is 18.2 Å². The summed E-state index contributed by atoms with van der Waals surface area (Å²) < 4.78 is 51.1. The van der Waals surface area contributed by atoms with E-state index in [1.165, 1.54) is 28.9 Å². The standard InChI is InChI=1S/C30H31F3N6O4/c1-17-5-6-19(12-20(17)35-25(40)22-15-34-23-11-18(7-10-38(22)23)13-30(31,32)33)24-36-26(43-37-24)21-14-29(8-9-29)16-39(21)27(41)42-28(2,3)4/h5-7,10-12,15,21H,8-9,13-14,16H2,1-4H3,(H,35,40)/t21-/m0/s1. The SMILES string of the molecule is Cc1ccc(-c2noc([C@@H]3CC4(CC4)CN3C(=O)OC(C)(C)C)n2)cc1NC(=O)c1cnc2cc(CC(F)(F)F)ccn12. The summed E-state index contributed by atoms with van der Waals surface area (Å²) in [6.07, 6.45) is -0.332. The molecule has 0 unspecified atom stereocenters. The first kappa shape index (κ1) is 28.7. The number of ether oxygens (including phenoxy) is 1. The summed E-state index contributed by atoms with van der Waals surface area (Å²) in [5.41, 5.74) is 1.73. The molecule has 4 aromatic rings. The number of nitrogens with zero attached hydrogens (tertiary/aromatic N) is 5. The maximum Gasteiger partial charge on any atom is 0.410 e. The number of hydrogen-bond acceptors (Lipinski definition) is 7. The molecule has 10 nitrogen and oxygen atoms in total. The van der Waals surface area contributed by atoms with Crippen LogP contribution in [0.4, 0.5) is 23.7 Å². The van der Waals surface area contributed by atoms with E-state index in [4.69, 9.17) is 9.26 Å². The highest BCUT2D eigenvalue weighted by Crippen LogP contribution is 2.58. The van der Waals surface area contributed by atoms with Crippen molar-refractivity contribution >= 4 is 23.3 Å². The van der Waals surface area contributed by atoms with Crippen molar-refractivity contribution in [1.29, 1.82) is 0 Å². The second-order valence-corrected chi connectivity index (χ2v) is 12.5. The minimum atomic E-state index is -4.35. The van der Waals surface area contributed by atoms with Crippen molar-refractivity contribution in [2.45, 2.75) is 71.2 Å². The molecule has 2 aliphatic rings. The molecular formula is C30H31F3N6O4. The van der Waals surface area contributed by atoms with Gasteiger partial charge in [-0.05, 0) is 81.7 Å². The number of anilines is 1. The van der Waals surface area contributed by atoms with Crippen molar-refractivity contribution in [3.05, 3.63) is 65.4 Å². The molecule has 226 valence electrons. The van der Waals surface area contributed by atoms with Crippen LogP contribution >= 0.6 is 0 Å². The fraction of sp³-hybridized carbons (Fsp3) is 0.433. The van der Waals surface area contributed by atoms with Crippen molar-refractivity contribution in [1.82, 2.24) is 24.4 Å². The quantitative estimate of drug-likeness (QED) is 0.279. The predicted molar refractivity (Wildman–Crippen MR) is 149 cm³/mol. The molecule has 1 N–H and O–H groups in total. The number of likely N-dealkylation sites (tertiary alicyclic amines) is 1. The van der Waals surface area contributed by atoms with Crippen LogP contribution in [0, 0.1) is 12.3 Å². The normalized spacial score (nSPS) is 17.9. The van der Waals surface area contributed by atoms with Crippen molar-refractivity contribution in [3.8, 4) is 11.4 Å². The molecule has 1 saturated carbocycles. The fourth-order valence-electron chi connectivity index (χ4n) is 5.43. The zero-order chi connectivity index (χ0) is 30.7. The average Bonchev–Trinajstić information content (AvgIpc) is 3.23. The zero-order valence-corrected chi connectivity index (χ0v) is 24.2. The number of hydrogen-bond donors (Lipinski definition) is 1. The highest BCUT2D eigenvalue weighted by Gasteiger charge is 2.55. The van der Waals surface area contributed by atoms with Gasteiger partial charge in [0, 0.05) is 24.0 Å². The molecule has 1 saturated heterocycles.